The summed E-state index contributed by atoms with van der Waals surface area (Å²) < 4.78 is 43.8. The zero-order valence-corrected chi connectivity index (χ0v) is 13.9. The van der Waals surface area contributed by atoms with E-state index >= 15 is 0 Å². The molecule has 0 saturated carbocycles. The summed E-state index contributed by atoms with van der Waals surface area (Å²) >= 11 is 6.93. The van der Waals surface area contributed by atoms with Gasteiger partial charge in [0.1, 0.15) is 11.2 Å². The van der Waals surface area contributed by atoms with Crippen molar-refractivity contribution in [2.24, 2.45) is 0 Å². The van der Waals surface area contributed by atoms with E-state index in [-0.39, 0.29) is 11.6 Å². The molecule has 3 rings (SSSR count). The van der Waals surface area contributed by atoms with Crippen LogP contribution in [0.5, 0.6) is 5.88 Å². The summed E-state index contributed by atoms with van der Waals surface area (Å²) in [5, 5.41) is 4.35. The van der Waals surface area contributed by atoms with E-state index in [0.29, 0.717) is 10.2 Å². The average Bonchev–Trinajstić information content (AvgIpc) is 3.03. The summed E-state index contributed by atoms with van der Waals surface area (Å²) in [6, 6.07) is 4.86. The van der Waals surface area contributed by atoms with Crippen molar-refractivity contribution in [3.8, 4) is 5.88 Å². The molecule has 5 nitrogen and oxygen atoms in total. The Morgan fingerprint density at radius 2 is 2.08 bits per heavy atom. The number of amides is 1. The van der Waals surface area contributed by atoms with Crippen LogP contribution in [0.15, 0.2) is 36.0 Å². The number of ether oxygens (including phenoxy) is 1. The van der Waals surface area contributed by atoms with Crippen LogP contribution in [0.1, 0.15) is 5.56 Å². The number of benzene rings is 1. The van der Waals surface area contributed by atoms with Gasteiger partial charge in [0.05, 0.1) is 16.0 Å². The van der Waals surface area contributed by atoms with Gasteiger partial charge in [0.25, 0.3) is 5.91 Å². The van der Waals surface area contributed by atoms with Gasteiger partial charge in [-0.2, -0.15) is 13.2 Å². The number of carbonyl (C=O) groups excluding carboxylic acids is 1. The molecule has 2 heterocycles. The van der Waals surface area contributed by atoms with Crippen molar-refractivity contribution in [2.45, 2.75) is 6.18 Å². The number of rotatable bonds is 4. The van der Waals surface area contributed by atoms with E-state index in [1.807, 2.05) is 0 Å². The number of anilines is 1. The molecule has 0 fully saturated rings. The van der Waals surface area contributed by atoms with Crippen LogP contribution < -0.4 is 10.1 Å². The van der Waals surface area contributed by atoms with E-state index in [1.165, 1.54) is 23.7 Å². The third-order valence-corrected chi connectivity index (χ3v) is 4.27. The van der Waals surface area contributed by atoms with Gasteiger partial charge in [0.15, 0.2) is 6.61 Å². The summed E-state index contributed by atoms with van der Waals surface area (Å²) in [6.07, 6.45) is -3.30. The third-order valence-electron chi connectivity index (χ3n) is 3.12. The van der Waals surface area contributed by atoms with Crippen molar-refractivity contribution in [1.29, 1.82) is 0 Å². The lowest BCUT2D eigenvalue weighted by molar-refractivity contribution is -0.137. The highest BCUT2D eigenvalue weighted by molar-refractivity contribution is 7.16. The maximum Gasteiger partial charge on any atom is 0.417 e. The molecule has 25 heavy (non-hydrogen) atoms. The lowest BCUT2D eigenvalue weighted by Crippen LogP contribution is -2.21. The van der Waals surface area contributed by atoms with Gasteiger partial charge in [-0.25, -0.2) is 9.97 Å². The van der Waals surface area contributed by atoms with E-state index in [4.69, 9.17) is 16.3 Å². The molecule has 0 aliphatic rings. The van der Waals surface area contributed by atoms with Crippen LogP contribution in [-0.2, 0) is 11.0 Å². The van der Waals surface area contributed by atoms with E-state index < -0.39 is 29.3 Å². The molecule has 10 heteroatoms. The minimum absolute atomic E-state index is 0.0336. The number of hydrogen-bond donors (Lipinski definition) is 1. The van der Waals surface area contributed by atoms with E-state index in [2.05, 4.69) is 15.3 Å². The number of hydrogen-bond acceptors (Lipinski definition) is 5. The minimum atomic E-state index is -4.61. The molecular formula is C15H9ClF3N3O2S. The zero-order valence-electron chi connectivity index (χ0n) is 12.3. The van der Waals surface area contributed by atoms with Gasteiger partial charge < -0.3 is 10.1 Å². The summed E-state index contributed by atoms with van der Waals surface area (Å²) in [6.45, 7) is -0.411. The molecule has 3 aromatic rings. The second-order valence-electron chi connectivity index (χ2n) is 4.85. The molecule has 0 saturated heterocycles. The van der Waals surface area contributed by atoms with Crippen LogP contribution in [0.25, 0.3) is 10.2 Å². The molecule has 0 radical (unpaired) electrons. The van der Waals surface area contributed by atoms with Gasteiger partial charge in [-0.3, -0.25) is 4.79 Å². The van der Waals surface area contributed by atoms with Crippen molar-refractivity contribution in [1.82, 2.24) is 9.97 Å². The van der Waals surface area contributed by atoms with Gasteiger partial charge in [0.2, 0.25) is 5.88 Å². The lowest BCUT2D eigenvalue weighted by atomic mass is 10.2. The molecule has 130 valence electrons. The zero-order chi connectivity index (χ0) is 18.0. The fraction of sp³-hybridized carbons (Fsp3) is 0.133. The average molecular weight is 388 g/mol. The van der Waals surface area contributed by atoms with Gasteiger partial charge in [0, 0.05) is 5.69 Å². The SMILES string of the molecule is O=C(COc1ncnc2sccc12)Nc1ccc(Cl)c(C(F)(F)F)c1. The molecule has 0 spiro atoms. The Kier molecular flexibility index (Phi) is 4.78. The number of halogens is 4. The molecule has 1 N–H and O–H groups in total. The van der Waals surface area contributed by atoms with Crippen LogP contribution in [-0.4, -0.2) is 22.5 Å². The molecule has 1 aromatic carbocycles. The van der Waals surface area contributed by atoms with Crippen LogP contribution in [0.2, 0.25) is 5.02 Å². The number of alkyl halides is 3. The number of fused-ring (bicyclic) bond motifs is 1. The fourth-order valence-electron chi connectivity index (χ4n) is 2.03. The second-order valence-corrected chi connectivity index (χ2v) is 6.15. The van der Waals surface area contributed by atoms with Gasteiger partial charge >= 0.3 is 6.18 Å². The summed E-state index contributed by atoms with van der Waals surface area (Å²) in [7, 11) is 0. The highest BCUT2D eigenvalue weighted by atomic mass is 35.5. The number of thiophene rings is 1. The Morgan fingerprint density at radius 1 is 1.28 bits per heavy atom. The Balaban J connectivity index is 1.68. The largest absolute Gasteiger partial charge is 0.467 e. The minimum Gasteiger partial charge on any atom is -0.467 e. The lowest BCUT2D eigenvalue weighted by Gasteiger charge is -2.12. The first kappa shape index (κ1) is 17.4. The predicted octanol–water partition coefficient (Wildman–Crippen LogP) is 4.38. The van der Waals surface area contributed by atoms with Crippen LogP contribution >= 0.6 is 22.9 Å². The van der Waals surface area contributed by atoms with E-state index in [1.54, 1.807) is 11.4 Å². The first-order chi connectivity index (χ1) is 11.8. The Labute approximate surface area is 148 Å². The van der Waals surface area contributed by atoms with Crippen LogP contribution in [0.4, 0.5) is 18.9 Å². The fourth-order valence-corrected chi connectivity index (χ4v) is 2.98. The Hall–Kier alpha value is -2.39. The molecule has 0 aliphatic carbocycles. The maximum atomic E-state index is 12.8. The smallest absolute Gasteiger partial charge is 0.417 e. The van der Waals surface area contributed by atoms with Gasteiger partial charge in [-0.15, -0.1) is 11.3 Å². The summed E-state index contributed by atoms with van der Waals surface area (Å²) in [5.41, 5.74) is -1.06. The third kappa shape index (κ3) is 3.99. The van der Waals surface area contributed by atoms with Crippen molar-refractivity contribution in [3.63, 3.8) is 0 Å². The van der Waals surface area contributed by atoms with E-state index in [0.717, 1.165) is 12.1 Å². The first-order valence-corrected chi connectivity index (χ1v) is 8.08. The topological polar surface area (TPSA) is 64.1 Å². The number of carbonyl (C=O) groups is 1. The van der Waals surface area contributed by atoms with Crippen molar-refractivity contribution >= 4 is 44.7 Å². The monoisotopic (exact) mass is 387 g/mol. The van der Waals surface area contributed by atoms with Crippen molar-refractivity contribution < 1.29 is 22.7 Å². The van der Waals surface area contributed by atoms with Crippen molar-refractivity contribution in [2.75, 3.05) is 11.9 Å². The molecule has 0 aliphatic heterocycles. The standard InChI is InChI=1S/C15H9ClF3N3O2S/c16-11-2-1-8(5-10(11)15(17,18)19)22-12(23)6-24-13-9-3-4-25-14(9)21-7-20-13/h1-5,7H,6H2,(H,22,23). The van der Waals surface area contributed by atoms with Crippen LogP contribution in [0.3, 0.4) is 0 Å². The number of nitrogens with zero attached hydrogens (tertiary/aromatic N) is 2. The molecule has 1 amide bonds. The van der Waals surface area contributed by atoms with Gasteiger partial charge in [-0.05, 0) is 29.6 Å². The molecule has 0 bridgehead atoms. The first-order valence-electron chi connectivity index (χ1n) is 6.82. The Bertz CT molecular complexity index is 930. The predicted molar refractivity (Wildman–Crippen MR) is 88.0 cm³/mol. The quantitative estimate of drug-likeness (QED) is 0.721. The number of nitrogens with one attached hydrogen (secondary N) is 1. The molecular weight excluding hydrogens is 379 g/mol. The highest BCUT2D eigenvalue weighted by Crippen LogP contribution is 2.36. The summed E-state index contributed by atoms with van der Waals surface area (Å²) in [5.74, 6) is -0.397. The van der Waals surface area contributed by atoms with Gasteiger partial charge in [-0.1, -0.05) is 11.6 Å². The van der Waals surface area contributed by atoms with Crippen LogP contribution in [0, 0.1) is 0 Å². The van der Waals surface area contributed by atoms with E-state index in [9.17, 15) is 18.0 Å². The highest BCUT2D eigenvalue weighted by Gasteiger charge is 2.33. The number of aromatic nitrogens is 2. The molecule has 0 unspecified atom stereocenters. The second kappa shape index (κ2) is 6.85. The Morgan fingerprint density at radius 3 is 2.84 bits per heavy atom. The maximum absolute atomic E-state index is 12.8. The normalized spacial score (nSPS) is 11.5. The summed E-state index contributed by atoms with van der Waals surface area (Å²) in [4.78, 5) is 20.6. The van der Waals surface area contributed by atoms with Crippen molar-refractivity contribution in [3.05, 3.63) is 46.6 Å². The molecule has 2 aromatic heterocycles. The molecule has 0 atom stereocenters.